The van der Waals surface area contributed by atoms with Crippen LogP contribution >= 0.6 is 11.6 Å². The Labute approximate surface area is 163 Å². The Morgan fingerprint density at radius 3 is 2.71 bits per heavy atom. The summed E-state index contributed by atoms with van der Waals surface area (Å²) in [5, 5.41) is 4.51. The molecule has 1 aromatic heterocycles. The van der Waals surface area contributed by atoms with E-state index in [9.17, 15) is 22.8 Å². The largest absolute Gasteiger partial charge is 0.379 e. The predicted octanol–water partition coefficient (Wildman–Crippen LogP) is 3.07. The number of nitrogens with zero attached hydrogens (tertiary/aromatic N) is 1. The van der Waals surface area contributed by atoms with Gasteiger partial charge in [0.2, 0.25) is 0 Å². The van der Waals surface area contributed by atoms with Crippen molar-refractivity contribution in [3.8, 4) is 0 Å². The molecule has 28 heavy (non-hydrogen) atoms. The van der Waals surface area contributed by atoms with Crippen molar-refractivity contribution in [3.05, 3.63) is 52.6 Å². The first kappa shape index (κ1) is 20.2. The number of carbonyl (C=O) groups excluding carboxylic acids is 2. The van der Waals surface area contributed by atoms with Crippen LogP contribution in [0.1, 0.15) is 22.5 Å². The number of rotatable bonds is 5. The summed E-state index contributed by atoms with van der Waals surface area (Å²) in [6.07, 6.45) is 1.64. The van der Waals surface area contributed by atoms with Gasteiger partial charge in [-0.25, -0.2) is 4.39 Å². The maximum atomic E-state index is 14.6. The molecule has 1 fully saturated rings. The minimum atomic E-state index is -3.84. The Balaban J connectivity index is 1.76. The van der Waals surface area contributed by atoms with Crippen molar-refractivity contribution in [3.63, 3.8) is 0 Å². The van der Waals surface area contributed by atoms with Crippen molar-refractivity contribution in [2.75, 3.05) is 18.5 Å². The maximum absolute atomic E-state index is 14.6. The Morgan fingerprint density at radius 2 is 2.07 bits per heavy atom. The Morgan fingerprint density at radius 1 is 1.32 bits per heavy atom. The summed E-state index contributed by atoms with van der Waals surface area (Å²) in [4.78, 5) is 24.4. The van der Waals surface area contributed by atoms with E-state index in [0.717, 1.165) is 16.7 Å². The van der Waals surface area contributed by atoms with E-state index in [0.29, 0.717) is 13.0 Å². The average molecular weight is 416 g/mol. The van der Waals surface area contributed by atoms with Crippen LogP contribution < -0.4 is 10.6 Å². The fourth-order valence-electron chi connectivity index (χ4n) is 2.82. The topological polar surface area (TPSA) is 72.4 Å². The quantitative estimate of drug-likeness (QED) is 0.788. The molecule has 0 saturated carbocycles. The third kappa shape index (κ3) is 4.15. The molecule has 0 radical (unpaired) electrons. The molecule has 0 aliphatic carbocycles. The highest BCUT2D eigenvalue weighted by atomic mass is 35.5. The second-order valence-corrected chi connectivity index (χ2v) is 6.82. The molecule has 2 heterocycles. The van der Waals surface area contributed by atoms with Crippen LogP contribution in [0.3, 0.4) is 0 Å². The molecule has 1 aromatic carbocycles. The number of hydrogen-bond donors (Lipinski definition) is 2. The number of aryl methyl sites for hydroxylation is 1. The first-order valence-electron chi connectivity index (χ1n) is 8.38. The van der Waals surface area contributed by atoms with Crippen LogP contribution in [0.25, 0.3) is 0 Å². The number of aromatic nitrogens is 1. The van der Waals surface area contributed by atoms with E-state index in [4.69, 9.17) is 16.3 Å². The number of amides is 2. The van der Waals surface area contributed by atoms with Gasteiger partial charge in [0.1, 0.15) is 5.82 Å². The third-order valence-electron chi connectivity index (χ3n) is 4.32. The summed E-state index contributed by atoms with van der Waals surface area (Å²) < 4.78 is 48.5. The van der Waals surface area contributed by atoms with E-state index in [-0.39, 0.29) is 22.9 Å². The zero-order valence-corrected chi connectivity index (χ0v) is 15.5. The maximum Gasteiger partial charge on any atom is 0.364 e. The van der Waals surface area contributed by atoms with E-state index in [1.54, 1.807) is 0 Å². The molecule has 2 aromatic rings. The van der Waals surface area contributed by atoms with Gasteiger partial charge in [-0.2, -0.15) is 8.78 Å². The molecule has 1 aliphatic heterocycles. The number of nitrogens with one attached hydrogen (secondary N) is 2. The van der Waals surface area contributed by atoms with Gasteiger partial charge in [-0.3, -0.25) is 9.59 Å². The van der Waals surface area contributed by atoms with Gasteiger partial charge in [0.05, 0.1) is 28.9 Å². The SMILES string of the molecule is Cn1cc(C(=O)Nc2ccc(F)c(Cl)c2)cc1C(F)(F)C(=O)NC1CCOC1. The smallest absolute Gasteiger partial charge is 0.364 e. The summed E-state index contributed by atoms with van der Waals surface area (Å²) in [5.41, 5.74) is -0.520. The molecule has 1 saturated heterocycles. The second-order valence-electron chi connectivity index (χ2n) is 6.42. The summed E-state index contributed by atoms with van der Waals surface area (Å²) in [6, 6.07) is 4.02. The Bertz CT molecular complexity index is 911. The van der Waals surface area contributed by atoms with E-state index >= 15 is 0 Å². The van der Waals surface area contributed by atoms with Gasteiger partial charge >= 0.3 is 5.92 Å². The van der Waals surface area contributed by atoms with E-state index in [1.807, 2.05) is 0 Å². The number of ether oxygens (including phenoxy) is 1. The van der Waals surface area contributed by atoms with Gasteiger partial charge in [0.15, 0.2) is 0 Å². The second kappa shape index (κ2) is 7.84. The van der Waals surface area contributed by atoms with Crippen molar-refractivity contribution < 1.29 is 27.5 Å². The monoisotopic (exact) mass is 415 g/mol. The molecule has 2 amide bonds. The van der Waals surface area contributed by atoms with Gasteiger partial charge in [-0.1, -0.05) is 11.6 Å². The van der Waals surface area contributed by atoms with E-state index < -0.39 is 35.3 Å². The van der Waals surface area contributed by atoms with Gasteiger partial charge in [-0.15, -0.1) is 0 Å². The molecule has 2 N–H and O–H groups in total. The third-order valence-corrected chi connectivity index (χ3v) is 4.61. The highest BCUT2D eigenvalue weighted by Gasteiger charge is 2.44. The first-order chi connectivity index (χ1) is 13.2. The minimum absolute atomic E-state index is 0.0883. The van der Waals surface area contributed by atoms with Crippen LogP contribution in [0.5, 0.6) is 0 Å². The van der Waals surface area contributed by atoms with Crippen LogP contribution in [0, 0.1) is 5.82 Å². The summed E-state index contributed by atoms with van der Waals surface area (Å²) in [7, 11) is 1.31. The number of carbonyl (C=O) groups is 2. The van der Waals surface area contributed by atoms with E-state index in [1.165, 1.54) is 25.4 Å². The van der Waals surface area contributed by atoms with Crippen LogP contribution in [0.4, 0.5) is 18.9 Å². The normalized spacial score (nSPS) is 16.8. The lowest BCUT2D eigenvalue weighted by Gasteiger charge is -2.19. The molecule has 1 atom stereocenters. The summed E-state index contributed by atoms with van der Waals surface area (Å²) >= 11 is 5.65. The predicted molar refractivity (Wildman–Crippen MR) is 96.0 cm³/mol. The number of hydrogen-bond acceptors (Lipinski definition) is 3. The number of halogens is 4. The molecular formula is C18H17ClF3N3O3. The fraction of sp³-hybridized carbons (Fsp3) is 0.333. The highest BCUT2D eigenvalue weighted by molar-refractivity contribution is 6.31. The van der Waals surface area contributed by atoms with Crippen molar-refractivity contribution >= 4 is 29.1 Å². The van der Waals surface area contributed by atoms with Crippen molar-refractivity contribution in [2.24, 2.45) is 7.05 Å². The molecule has 150 valence electrons. The average Bonchev–Trinajstić information content (AvgIpc) is 3.28. The van der Waals surface area contributed by atoms with Crippen LogP contribution in [0.2, 0.25) is 5.02 Å². The summed E-state index contributed by atoms with van der Waals surface area (Å²) in [5.74, 6) is -6.65. The highest BCUT2D eigenvalue weighted by Crippen LogP contribution is 2.30. The number of benzene rings is 1. The number of alkyl halides is 2. The molecular weight excluding hydrogens is 399 g/mol. The fourth-order valence-corrected chi connectivity index (χ4v) is 3.00. The van der Waals surface area contributed by atoms with Gasteiger partial charge in [0, 0.05) is 25.5 Å². The Kier molecular flexibility index (Phi) is 5.66. The molecule has 0 spiro atoms. The zero-order valence-electron chi connectivity index (χ0n) is 14.8. The first-order valence-corrected chi connectivity index (χ1v) is 8.76. The molecule has 1 unspecified atom stereocenters. The Hall–Kier alpha value is -2.52. The lowest BCUT2D eigenvalue weighted by molar-refractivity contribution is -0.148. The molecule has 3 rings (SSSR count). The van der Waals surface area contributed by atoms with E-state index in [2.05, 4.69) is 10.6 Å². The van der Waals surface area contributed by atoms with Crippen molar-refractivity contribution in [2.45, 2.75) is 18.4 Å². The molecule has 1 aliphatic rings. The number of anilines is 1. The summed E-state index contributed by atoms with van der Waals surface area (Å²) in [6.45, 7) is 0.585. The van der Waals surface area contributed by atoms with Crippen molar-refractivity contribution in [1.82, 2.24) is 9.88 Å². The lowest BCUT2D eigenvalue weighted by Crippen LogP contribution is -2.44. The van der Waals surface area contributed by atoms with Gasteiger partial charge in [-0.05, 0) is 30.7 Å². The van der Waals surface area contributed by atoms with Gasteiger partial charge < -0.3 is 19.9 Å². The zero-order chi connectivity index (χ0) is 20.5. The van der Waals surface area contributed by atoms with Crippen LogP contribution in [0.15, 0.2) is 30.5 Å². The molecule has 0 bridgehead atoms. The lowest BCUT2D eigenvalue weighted by atomic mass is 10.1. The van der Waals surface area contributed by atoms with Gasteiger partial charge in [0.25, 0.3) is 11.8 Å². The minimum Gasteiger partial charge on any atom is -0.379 e. The molecule has 6 nitrogen and oxygen atoms in total. The van der Waals surface area contributed by atoms with Crippen LogP contribution in [-0.4, -0.2) is 35.6 Å². The van der Waals surface area contributed by atoms with Crippen molar-refractivity contribution in [1.29, 1.82) is 0 Å². The standard InChI is InChI=1S/C18H17ClF3N3O3/c1-25-8-10(16(26)23-11-2-3-14(20)13(19)7-11)6-15(25)18(21,22)17(27)24-12-4-5-28-9-12/h2-3,6-8,12H,4-5,9H2,1H3,(H,23,26)(H,24,27). The van der Waals surface area contributed by atoms with Crippen LogP contribution in [-0.2, 0) is 22.5 Å². The molecule has 10 heteroatoms.